The molecule has 0 aromatic heterocycles. The first-order valence-electron chi connectivity index (χ1n) is 11.3. The number of hydrogen-bond donors (Lipinski definition) is 1. The van der Waals surface area contributed by atoms with Crippen LogP contribution in [0.5, 0.6) is 0 Å². The molecule has 1 amide bonds. The average molecular weight is 532 g/mol. The van der Waals surface area contributed by atoms with E-state index in [0.717, 1.165) is 23.4 Å². The Labute approximate surface area is 214 Å². The Balaban J connectivity index is 0.000000527. The molecule has 192 valence electrons. The molecular weight excluding hydrogens is 502 g/mol. The van der Waals surface area contributed by atoms with Crippen molar-refractivity contribution in [1.29, 1.82) is 0 Å². The summed E-state index contributed by atoms with van der Waals surface area (Å²) in [6.07, 6.45) is -3.93. The number of hydrogen-bond acceptors (Lipinski definition) is 3. The van der Waals surface area contributed by atoms with Crippen LogP contribution in [0, 0.1) is 11.8 Å². The van der Waals surface area contributed by atoms with Gasteiger partial charge in [-0.25, -0.2) is 0 Å². The Morgan fingerprint density at radius 1 is 1.06 bits per heavy atom. The van der Waals surface area contributed by atoms with Crippen molar-refractivity contribution in [1.82, 2.24) is 0 Å². The zero-order valence-electron chi connectivity index (χ0n) is 19.9. The van der Waals surface area contributed by atoms with Crippen LogP contribution < -0.4 is 5.32 Å². The van der Waals surface area contributed by atoms with E-state index in [2.05, 4.69) is 5.32 Å². The molecule has 1 unspecified atom stereocenters. The second kappa shape index (κ2) is 12.6. The van der Waals surface area contributed by atoms with Crippen LogP contribution in [0.3, 0.4) is 0 Å². The Morgan fingerprint density at radius 2 is 1.69 bits per heavy atom. The van der Waals surface area contributed by atoms with Crippen molar-refractivity contribution in [2.45, 2.75) is 64.7 Å². The molecule has 1 fully saturated rings. The summed E-state index contributed by atoms with van der Waals surface area (Å²) in [5, 5.41) is 3.44. The molecular formula is C26H30Cl2F3NO3. The monoisotopic (exact) mass is 531 g/mol. The van der Waals surface area contributed by atoms with Crippen molar-refractivity contribution in [2.24, 2.45) is 11.8 Å². The van der Waals surface area contributed by atoms with Gasteiger partial charge in [-0.15, -0.1) is 0 Å². The molecule has 1 atom stereocenters. The van der Waals surface area contributed by atoms with Crippen LogP contribution in [0.4, 0.5) is 18.9 Å². The lowest BCUT2D eigenvalue weighted by molar-refractivity contribution is -0.160. The van der Waals surface area contributed by atoms with Crippen LogP contribution in [-0.2, 0) is 20.7 Å². The van der Waals surface area contributed by atoms with E-state index in [4.69, 9.17) is 27.9 Å². The Bertz CT molecular complexity index is 988. The number of halogens is 5. The van der Waals surface area contributed by atoms with Crippen molar-refractivity contribution in [3.63, 3.8) is 0 Å². The lowest BCUT2D eigenvalue weighted by atomic mass is 9.94. The maximum Gasteiger partial charge on any atom is 0.389 e. The fraction of sp³-hybridized carbons (Fsp3) is 0.462. The zero-order valence-corrected chi connectivity index (χ0v) is 21.4. The summed E-state index contributed by atoms with van der Waals surface area (Å²) in [5.74, 6) is -1.06. The van der Waals surface area contributed by atoms with Crippen LogP contribution in [-0.4, -0.2) is 23.7 Å². The second-order valence-corrected chi connectivity index (χ2v) is 10.3. The molecule has 0 saturated heterocycles. The number of carbonyl (C=O) groups is 2. The minimum absolute atomic E-state index is 0.226. The predicted octanol–water partition coefficient (Wildman–Crippen LogP) is 7.87. The lowest BCUT2D eigenvalue weighted by Gasteiger charge is -2.24. The molecule has 1 saturated carbocycles. The van der Waals surface area contributed by atoms with Crippen molar-refractivity contribution >= 4 is 40.8 Å². The molecule has 0 heterocycles. The molecule has 0 spiro atoms. The first-order valence-corrected chi connectivity index (χ1v) is 12.1. The summed E-state index contributed by atoms with van der Waals surface area (Å²) in [4.78, 5) is 24.3. The maximum atomic E-state index is 12.5. The number of nitrogens with one attached hydrogen (secondary N) is 1. The SMILES string of the molecule is CC(C)(C)OC(=O)C(Cc1ccc(Cl)c(NC(=O)CCC(F)(F)F)c1)C1CC1.Clc1ccccc1. The van der Waals surface area contributed by atoms with Crippen molar-refractivity contribution in [2.75, 3.05) is 5.32 Å². The lowest BCUT2D eigenvalue weighted by Crippen LogP contribution is -2.30. The highest BCUT2D eigenvalue weighted by molar-refractivity contribution is 6.33. The molecule has 2 aromatic rings. The molecule has 9 heteroatoms. The topological polar surface area (TPSA) is 55.4 Å². The van der Waals surface area contributed by atoms with Gasteiger partial charge in [0.15, 0.2) is 0 Å². The highest BCUT2D eigenvalue weighted by atomic mass is 35.5. The summed E-state index contributed by atoms with van der Waals surface area (Å²) in [6.45, 7) is 5.43. The number of anilines is 1. The number of rotatable bonds is 7. The van der Waals surface area contributed by atoms with E-state index in [-0.39, 0.29) is 28.5 Å². The summed E-state index contributed by atoms with van der Waals surface area (Å²) >= 11 is 11.6. The normalized spacial score (nSPS) is 14.4. The van der Waals surface area contributed by atoms with Crippen LogP contribution in [0.25, 0.3) is 0 Å². The Hall–Kier alpha value is -2.25. The first kappa shape index (κ1) is 29.0. The van der Waals surface area contributed by atoms with Gasteiger partial charge in [0.05, 0.1) is 23.0 Å². The first-order chi connectivity index (χ1) is 16.2. The third kappa shape index (κ3) is 11.8. The number of alkyl halides is 3. The molecule has 0 aliphatic heterocycles. The number of carbonyl (C=O) groups excluding carboxylic acids is 2. The average Bonchev–Trinajstić information content (AvgIpc) is 3.57. The van der Waals surface area contributed by atoms with E-state index in [1.165, 1.54) is 0 Å². The highest BCUT2D eigenvalue weighted by Crippen LogP contribution is 2.40. The standard InChI is InChI=1S/C20H25ClF3NO3.C6H5Cl/c1-19(2,3)28-18(27)14(13-5-6-13)10-12-4-7-15(21)16(11-12)25-17(26)8-9-20(22,23)24;7-6-4-2-1-3-5-6/h4,7,11,13-14H,5-6,8-10H2,1-3H3,(H,25,26);1-5H. The number of benzene rings is 2. The molecule has 1 aliphatic carbocycles. The van der Waals surface area contributed by atoms with Crippen LogP contribution in [0.15, 0.2) is 48.5 Å². The van der Waals surface area contributed by atoms with Gasteiger partial charge in [0.2, 0.25) is 5.91 Å². The van der Waals surface area contributed by atoms with E-state index in [1.54, 1.807) is 18.2 Å². The fourth-order valence-corrected chi connectivity index (χ4v) is 3.56. The fourth-order valence-electron chi connectivity index (χ4n) is 3.25. The molecule has 3 rings (SSSR count). The largest absolute Gasteiger partial charge is 0.460 e. The quantitative estimate of drug-likeness (QED) is 0.369. The molecule has 35 heavy (non-hydrogen) atoms. The molecule has 1 aliphatic rings. The van der Waals surface area contributed by atoms with Gasteiger partial charge in [0, 0.05) is 11.4 Å². The third-order valence-corrected chi connectivity index (χ3v) is 5.61. The number of ether oxygens (including phenoxy) is 1. The van der Waals surface area contributed by atoms with Gasteiger partial charge in [0.1, 0.15) is 5.60 Å². The van der Waals surface area contributed by atoms with Gasteiger partial charge in [-0.2, -0.15) is 13.2 Å². The van der Waals surface area contributed by atoms with Crippen LogP contribution in [0.2, 0.25) is 10.0 Å². The molecule has 0 bridgehead atoms. The van der Waals surface area contributed by atoms with E-state index in [0.29, 0.717) is 6.42 Å². The summed E-state index contributed by atoms with van der Waals surface area (Å²) in [7, 11) is 0. The van der Waals surface area contributed by atoms with Gasteiger partial charge >= 0.3 is 12.1 Å². The van der Waals surface area contributed by atoms with Crippen molar-refractivity contribution in [3.8, 4) is 0 Å². The van der Waals surface area contributed by atoms with Gasteiger partial charge in [0.25, 0.3) is 0 Å². The maximum absolute atomic E-state index is 12.5. The number of esters is 1. The second-order valence-electron chi connectivity index (χ2n) is 9.45. The minimum Gasteiger partial charge on any atom is -0.460 e. The van der Waals surface area contributed by atoms with Crippen LogP contribution >= 0.6 is 23.2 Å². The van der Waals surface area contributed by atoms with E-state index in [1.807, 2.05) is 51.1 Å². The van der Waals surface area contributed by atoms with E-state index in [9.17, 15) is 22.8 Å². The van der Waals surface area contributed by atoms with Gasteiger partial charge < -0.3 is 10.1 Å². The van der Waals surface area contributed by atoms with E-state index < -0.39 is 30.5 Å². The predicted molar refractivity (Wildman–Crippen MR) is 133 cm³/mol. The molecule has 4 nitrogen and oxygen atoms in total. The zero-order chi connectivity index (χ0) is 26.2. The Morgan fingerprint density at radius 3 is 2.17 bits per heavy atom. The van der Waals surface area contributed by atoms with Gasteiger partial charge in [-0.1, -0.05) is 47.5 Å². The molecule has 2 aromatic carbocycles. The third-order valence-electron chi connectivity index (χ3n) is 5.03. The smallest absolute Gasteiger partial charge is 0.389 e. The summed E-state index contributed by atoms with van der Waals surface area (Å²) < 4.78 is 42.3. The summed E-state index contributed by atoms with van der Waals surface area (Å²) in [5.41, 5.74) is 0.422. The van der Waals surface area contributed by atoms with E-state index >= 15 is 0 Å². The van der Waals surface area contributed by atoms with Crippen LogP contribution in [0.1, 0.15) is 52.0 Å². The molecule has 0 radical (unpaired) electrons. The number of amides is 1. The van der Waals surface area contributed by atoms with Crippen molar-refractivity contribution < 1.29 is 27.5 Å². The Kier molecular flexibility index (Phi) is 10.5. The minimum atomic E-state index is -4.39. The summed E-state index contributed by atoms with van der Waals surface area (Å²) in [6, 6.07) is 14.4. The molecule has 1 N–H and O–H groups in total. The van der Waals surface area contributed by atoms with Crippen molar-refractivity contribution in [3.05, 3.63) is 64.1 Å². The van der Waals surface area contributed by atoms with Gasteiger partial charge in [-0.05, 0) is 75.8 Å². The van der Waals surface area contributed by atoms with Gasteiger partial charge in [-0.3, -0.25) is 9.59 Å². The highest BCUT2D eigenvalue weighted by Gasteiger charge is 2.38.